The SMILES string of the molecule is CN(C)C(=O)N1CCC(C(=O)Nc2cc(C3CCCC3)nn2-c2ccccc2)CC1. The number of aromatic nitrogens is 2. The predicted molar refractivity (Wildman–Crippen MR) is 117 cm³/mol. The highest BCUT2D eigenvalue weighted by atomic mass is 16.2. The number of piperidine rings is 1. The van der Waals surface area contributed by atoms with Crippen molar-refractivity contribution in [3.63, 3.8) is 0 Å². The zero-order valence-corrected chi connectivity index (χ0v) is 17.9. The van der Waals surface area contributed by atoms with E-state index in [0.29, 0.717) is 31.8 Å². The Bertz CT molecular complexity index is 878. The van der Waals surface area contributed by atoms with Crippen LogP contribution in [0.5, 0.6) is 0 Å². The molecule has 0 atom stereocenters. The first-order chi connectivity index (χ1) is 14.5. The topological polar surface area (TPSA) is 70.5 Å². The molecule has 2 aromatic rings. The van der Waals surface area contributed by atoms with Crippen LogP contribution in [0.25, 0.3) is 5.69 Å². The van der Waals surface area contributed by atoms with Crippen molar-refractivity contribution >= 4 is 17.8 Å². The van der Waals surface area contributed by atoms with Gasteiger partial charge in [0, 0.05) is 45.1 Å². The van der Waals surface area contributed by atoms with Crippen LogP contribution < -0.4 is 5.32 Å². The second-order valence-electron chi connectivity index (χ2n) is 8.61. The fourth-order valence-corrected chi connectivity index (χ4v) is 4.52. The van der Waals surface area contributed by atoms with E-state index < -0.39 is 0 Å². The Morgan fingerprint density at radius 1 is 1.03 bits per heavy atom. The zero-order chi connectivity index (χ0) is 21.1. The number of urea groups is 1. The Labute approximate surface area is 178 Å². The molecule has 0 unspecified atom stereocenters. The third-order valence-electron chi connectivity index (χ3n) is 6.27. The van der Waals surface area contributed by atoms with E-state index in [4.69, 9.17) is 5.10 Å². The summed E-state index contributed by atoms with van der Waals surface area (Å²) in [5.41, 5.74) is 2.02. The molecule has 0 bridgehead atoms. The maximum Gasteiger partial charge on any atom is 0.319 e. The molecule has 0 radical (unpaired) electrons. The number of hydrogen-bond acceptors (Lipinski definition) is 3. The molecule has 7 heteroatoms. The summed E-state index contributed by atoms with van der Waals surface area (Å²) in [5.74, 6) is 1.14. The zero-order valence-electron chi connectivity index (χ0n) is 17.9. The lowest BCUT2D eigenvalue weighted by atomic mass is 9.96. The number of likely N-dealkylation sites (tertiary alicyclic amines) is 1. The molecule has 1 saturated carbocycles. The van der Waals surface area contributed by atoms with Crippen LogP contribution in [-0.4, -0.2) is 58.7 Å². The van der Waals surface area contributed by atoms with Crippen molar-refractivity contribution in [1.29, 1.82) is 0 Å². The van der Waals surface area contributed by atoms with Gasteiger partial charge in [0.15, 0.2) is 0 Å². The number of amides is 3. The van der Waals surface area contributed by atoms with E-state index in [1.807, 2.05) is 46.0 Å². The number of benzene rings is 1. The van der Waals surface area contributed by atoms with Crippen molar-refractivity contribution < 1.29 is 9.59 Å². The van der Waals surface area contributed by atoms with Crippen LogP contribution in [-0.2, 0) is 4.79 Å². The van der Waals surface area contributed by atoms with Gasteiger partial charge in [-0.15, -0.1) is 0 Å². The van der Waals surface area contributed by atoms with Gasteiger partial charge in [-0.3, -0.25) is 4.79 Å². The molecule has 7 nitrogen and oxygen atoms in total. The van der Waals surface area contributed by atoms with Gasteiger partial charge in [0.25, 0.3) is 0 Å². The number of rotatable bonds is 4. The molecule has 2 aliphatic rings. The van der Waals surface area contributed by atoms with E-state index in [2.05, 4.69) is 5.32 Å². The van der Waals surface area contributed by atoms with Crippen molar-refractivity contribution in [2.45, 2.75) is 44.4 Å². The fourth-order valence-electron chi connectivity index (χ4n) is 4.52. The molecule has 1 saturated heterocycles. The van der Waals surface area contributed by atoms with Crippen LogP contribution in [0.4, 0.5) is 10.6 Å². The lowest BCUT2D eigenvalue weighted by molar-refractivity contribution is -0.121. The molecule has 1 aliphatic carbocycles. The molecular weight excluding hydrogens is 378 g/mol. The minimum Gasteiger partial charge on any atom is -0.331 e. The summed E-state index contributed by atoms with van der Waals surface area (Å²) in [7, 11) is 3.52. The highest BCUT2D eigenvalue weighted by molar-refractivity contribution is 5.92. The molecule has 3 amide bonds. The largest absolute Gasteiger partial charge is 0.331 e. The number of nitrogens with one attached hydrogen (secondary N) is 1. The molecule has 1 aliphatic heterocycles. The molecular formula is C23H31N5O2. The van der Waals surface area contributed by atoms with Crippen LogP contribution in [0, 0.1) is 5.92 Å². The first kappa shape index (κ1) is 20.4. The predicted octanol–water partition coefficient (Wildman–Crippen LogP) is 3.86. The Balaban J connectivity index is 1.48. The molecule has 1 aromatic heterocycles. The third-order valence-corrected chi connectivity index (χ3v) is 6.27. The summed E-state index contributed by atoms with van der Waals surface area (Å²) in [4.78, 5) is 28.6. The summed E-state index contributed by atoms with van der Waals surface area (Å²) in [6.45, 7) is 1.22. The van der Waals surface area contributed by atoms with Crippen molar-refractivity contribution in [2.75, 3.05) is 32.5 Å². The number of anilines is 1. The fraction of sp³-hybridized carbons (Fsp3) is 0.522. The Hall–Kier alpha value is -2.83. The first-order valence-corrected chi connectivity index (χ1v) is 11.0. The summed E-state index contributed by atoms with van der Waals surface area (Å²) >= 11 is 0. The molecule has 30 heavy (non-hydrogen) atoms. The maximum atomic E-state index is 13.0. The van der Waals surface area contributed by atoms with Gasteiger partial charge >= 0.3 is 6.03 Å². The normalized spacial score (nSPS) is 17.9. The minimum atomic E-state index is -0.0923. The van der Waals surface area contributed by atoms with Gasteiger partial charge in [-0.2, -0.15) is 5.10 Å². The first-order valence-electron chi connectivity index (χ1n) is 11.0. The van der Waals surface area contributed by atoms with Crippen molar-refractivity contribution in [3.05, 3.63) is 42.1 Å². The van der Waals surface area contributed by atoms with Gasteiger partial charge in [0.1, 0.15) is 5.82 Å². The maximum absolute atomic E-state index is 13.0. The van der Waals surface area contributed by atoms with Crippen LogP contribution in [0.2, 0.25) is 0 Å². The second-order valence-corrected chi connectivity index (χ2v) is 8.61. The second kappa shape index (κ2) is 8.90. The van der Waals surface area contributed by atoms with Gasteiger partial charge < -0.3 is 15.1 Å². The molecule has 0 spiro atoms. The van der Waals surface area contributed by atoms with E-state index in [9.17, 15) is 9.59 Å². The summed E-state index contributed by atoms with van der Waals surface area (Å²) in [6, 6.07) is 12.0. The Morgan fingerprint density at radius 2 is 1.70 bits per heavy atom. The molecule has 2 heterocycles. The average molecular weight is 410 g/mol. The molecule has 2 fully saturated rings. The quantitative estimate of drug-likeness (QED) is 0.834. The molecule has 4 rings (SSSR count). The highest BCUT2D eigenvalue weighted by Gasteiger charge is 2.29. The van der Waals surface area contributed by atoms with E-state index in [0.717, 1.165) is 30.0 Å². The van der Waals surface area contributed by atoms with Gasteiger partial charge in [-0.1, -0.05) is 31.0 Å². The number of hydrogen-bond donors (Lipinski definition) is 1. The van der Waals surface area contributed by atoms with Crippen LogP contribution >= 0.6 is 0 Å². The third kappa shape index (κ3) is 4.35. The van der Waals surface area contributed by atoms with Crippen molar-refractivity contribution in [3.8, 4) is 5.69 Å². The van der Waals surface area contributed by atoms with E-state index in [-0.39, 0.29) is 17.9 Å². The standard InChI is InChI=1S/C23H31N5O2/c1-26(2)23(30)27-14-12-18(13-15-27)22(29)24-21-16-20(17-8-6-7-9-17)25-28(21)19-10-4-3-5-11-19/h3-5,10-11,16-18H,6-9,12-15H2,1-2H3,(H,24,29). The van der Waals surface area contributed by atoms with Gasteiger partial charge in [0.2, 0.25) is 5.91 Å². The molecule has 1 N–H and O–H groups in total. The average Bonchev–Trinajstić information content (AvgIpc) is 3.44. The van der Waals surface area contributed by atoms with Crippen LogP contribution in [0.3, 0.4) is 0 Å². The van der Waals surface area contributed by atoms with Crippen LogP contribution in [0.1, 0.15) is 50.1 Å². The van der Waals surface area contributed by atoms with Gasteiger partial charge in [0.05, 0.1) is 11.4 Å². The number of carbonyl (C=O) groups excluding carboxylic acids is 2. The smallest absolute Gasteiger partial charge is 0.319 e. The van der Waals surface area contributed by atoms with Gasteiger partial charge in [-0.25, -0.2) is 9.48 Å². The molecule has 1 aromatic carbocycles. The summed E-state index contributed by atoms with van der Waals surface area (Å²) in [6.07, 6.45) is 6.18. The van der Waals surface area contributed by atoms with E-state index in [1.165, 1.54) is 12.8 Å². The lowest BCUT2D eigenvalue weighted by Gasteiger charge is -2.33. The number of nitrogens with zero attached hydrogens (tertiary/aromatic N) is 4. The van der Waals surface area contributed by atoms with E-state index >= 15 is 0 Å². The van der Waals surface area contributed by atoms with Crippen molar-refractivity contribution in [2.24, 2.45) is 5.92 Å². The monoisotopic (exact) mass is 409 g/mol. The van der Waals surface area contributed by atoms with Gasteiger partial charge in [-0.05, 0) is 37.8 Å². The van der Waals surface area contributed by atoms with Crippen molar-refractivity contribution in [1.82, 2.24) is 19.6 Å². The van der Waals surface area contributed by atoms with E-state index in [1.54, 1.807) is 19.0 Å². The molecule has 160 valence electrons. The Morgan fingerprint density at radius 3 is 2.33 bits per heavy atom. The minimum absolute atomic E-state index is 0.0113. The van der Waals surface area contributed by atoms with Crippen LogP contribution in [0.15, 0.2) is 36.4 Å². The number of para-hydroxylation sites is 1. The lowest BCUT2D eigenvalue weighted by Crippen LogP contribution is -2.45. The summed E-state index contributed by atoms with van der Waals surface area (Å²) < 4.78 is 1.86. The summed E-state index contributed by atoms with van der Waals surface area (Å²) in [5, 5.41) is 8.00. The highest BCUT2D eigenvalue weighted by Crippen LogP contribution is 2.35. The number of carbonyl (C=O) groups is 2. The Kier molecular flexibility index (Phi) is 6.06.